The van der Waals surface area contributed by atoms with E-state index in [1.54, 1.807) is 6.20 Å². The average molecular weight is 124 g/mol. The lowest BCUT2D eigenvalue weighted by Crippen LogP contribution is -1.90. The molecule has 0 aromatic carbocycles. The molecular weight excluding hydrogens is 116 g/mol. The summed E-state index contributed by atoms with van der Waals surface area (Å²) in [6, 6.07) is 0. The fourth-order valence-electron chi connectivity index (χ4n) is 1.25. The Morgan fingerprint density at radius 1 is 1.78 bits per heavy atom. The van der Waals surface area contributed by atoms with E-state index in [1.807, 2.05) is 0 Å². The maximum absolute atomic E-state index is 9.20. The van der Waals surface area contributed by atoms with Crippen LogP contribution in [0.2, 0.25) is 0 Å². The van der Waals surface area contributed by atoms with E-state index in [9.17, 15) is 5.11 Å². The monoisotopic (exact) mass is 124 g/mol. The van der Waals surface area contributed by atoms with Crippen LogP contribution in [0.15, 0.2) is 6.20 Å². The zero-order valence-electron chi connectivity index (χ0n) is 4.96. The minimum atomic E-state index is -0.289. The molecule has 1 atom stereocenters. The summed E-state index contributed by atoms with van der Waals surface area (Å²) in [5.74, 6) is 0. The molecule has 9 heavy (non-hydrogen) atoms. The van der Waals surface area contributed by atoms with Gasteiger partial charge in [-0.3, -0.25) is 5.10 Å². The molecule has 0 amide bonds. The molecule has 0 saturated heterocycles. The van der Waals surface area contributed by atoms with Gasteiger partial charge in [-0.2, -0.15) is 5.10 Å². The molecule has 0 fully saturated rings. The second-order valence-corrected chi connectivity index (χ2v) is 2.36. The van der Waals surface area contributed by atoms with Gasteiger partial charge in [0.1, 0.15) is 0 Å². The third-order valence-corrected chi connectivity index (χ3v) is 1.77. The first-order valence-electron chi connectivity index (χ1n) is 3.08. The van der Waals surface area contributed by atoms with Gasteiger partial charge in [-0.05, 0) is 18.4 Å². The van der Waals surface area contributed by atoms with Crippen LogP contribution < -0.4 is 0 Å². The van der Waals surface area contributed by atoms with Crippen molar-refractivity contribution in [1.82, 2.24) is 10.2 Å². The third kappa shape index (κ3) is 0.580. The number of H-pyrrole nitrogens is 1. The second-order valence-electron chi connectivity index (χ2n) is 2.36. The Hall–Kier alpha value is -0.830. The predicted molar refractivity (Wildman–Crippen MR) is 31.9 cm³/mol. The summed E-state index contributed by atoms with van der Waals surface area (Å²) in [5, 5.41) is 15.8. The maximum atomic E-state index is 9.20. The number of nitrogens with one attached hydrogen (secondary N) is 1. The lowest BCUT2D eigenvalue weighted by Gasteiger charge is -1.95. The molecule has 1 aromatic rings. The van der Waals surface area contributed by atoms with E-state index in [-0.39, 0.29) is 6.10 Å². The summed E-state index contributed by atoms with van der Waals surface area (Å²) in [5.41, 5.74) is 2.08. The highest BCUT2D eigenvalue weighted by atomic mass is 16.3. The highest BCUT2D eigenvalue weighted by molar-refractivity contribution is 5.23. The standard InChI is InChI=1S/C6H8N2O/c9-5-2-1-4-3-7-8-6(4)5/h3,5,9H,1-2H2,(H,7,8). The van der Waals surface area contributed by atoms with Gasteiger partial charge >= 0.3 is 0 Å². The average Bonchev–Trinajstić information content (AvgIpc) is 2.35. The normalized spacial score (nSPS) is 24.3. The third-order valence-electron chi connectivity index (χ3n) is 1.77. The lowest BCUT2D eigenvalue weighted by molar-refractivity contribution is 0.175. The van der Waals surface area contributed by atoms with Crippen molar-refractivity contribution in [1.29, 1.82) is 0 Å². The van der Waals surface area contributed by atoms with E-state index in [4.69, 9.17) is 0 Å². The van der Waals surface area contributed by atoms with E-state index in [0.29, 0.717) is 0 Å². The molecule has 3 nitrogen and oxygen atoms in total. The van der Waals surface area contributed by atoms with Crippen molar-refractivity contribution in [2.45, 2.75) is 18.9 Å². The van der Waals surface area contributed by atoms with Crippen LogP contribution in [0, 0.1) is 0 Å². The van der Waals surface area contributed by atoms with Gasteiger partial charge in [0.2, 0.25) is 0 Å². The van der Waals surface area contributed by atoms with Gasteiger partial charge in [0.25, 0.3) is 0 Å². The Kier molecular flexibility index (Phi) is 0.873. The van der Waals surface area contributed by atoms with Gasteiger partial charge in [-0.15, -0.1) is 0 Å². The second kappa shape index (κ2) is 1.57. The van der Waals surface area contributed by atoms with Crippen molar-refractivity contribution in [3.63, 3.8) is 0 Å². The topological polar surface area (TPSA) is 48.9 Å². The van der Waals surface area contributed by atoms with Gasteiger partial charge in [-0.25, -0.2) is 0 Å². The number of aromatic nitrogens is 2. The Bertz CT molecular complexity index is 219. The van der Waals surface area contributed by atoms with Crippen molar-refractivity contribution in [3.8, 4) is 0 Å². The Balaban J connectivity index is 2.49. The lowest BCUT2D eigenvalue weighted by atomic mass is 10.3. The van der Waals surface area contributed by atoms with E-state index in [2.05, 4.69) is 10.2 Å². The smallest absolute Gasteiger partial charge is 0.0960 e. The van der Waals surface area contributed by atoms with Crippen molar-refractivity contribution >= 4 is 0 Å². The fourth-order valence-corrected chi connectivity index (χ4v) is 1.25. The first kappa shape index (κ1) is 4.99. The van der Waals surface area contributed by atoms with E-state index < -0.39 is 0 Å². The molecule has 0 bridgehead atoms. The highest BCUT2D eigenvalue weighted by Gasteiger charge is 2.21. The molecular formula is C6H8N2O. The van der Waals surface area contributed by atoms with Crippen molar-refractivity contribution in [3.05, 3.63) is 17.5 Å². The summed E-state index contributed by atoms with van der Waals surface area (Å²) in [6.45, 7) is 0. The first-order valence-corrected chi connectivity index (χ1v) is 3.08. The molecule has 2 N–H and O–H groups in total. The largest absolute Gasteiger partial charge is 0.387 e. The van der Waals surface area contributed by atoms with Gasteiger partial charge in [-0.1, -0.05) is 0 Å². The minimum absolute atomic E-state index is 0.289. The van der Waals surface area contributed by atoms with Gasteiger partial charge < -0.3 is 5.11 Å². The van der Waals surface area contributed by atoms with Crippen LogP contribution in [-0.2, 0) is 6.42 Å². The molecule has 0 radical (unpaired) electrons. The van der Waals surface area contributed by atoms with Crippen molar-refractivity contribution in [2.75, 3.05) is 0 Å². The van der Waals surface area contributed by atoms with Gasteiger partial charge in [0.15, 0.2) is 0 Å². The van der Waals surface area contributed by atoms with Crippen LogP contribution in [0.25, 0.3) is 0 Å². The quantitative estimate of drug-likeness (QED) is 0.525. The summed E-state index contributed by atoms with van der Waals surface area (Å²) < 4.78 is 0. The minimum Gasteiger partial charge on any atom is -0.387 e. The number of rotatable bonds is 0. The van der Waals surface area contributed by atoms with Crippen LogP contribution in [0.3, 0.4) is 0 Å². The molecule has 1 aliphatic carbocycles. The predicted octanol–water partition coefficient (Wildman–Crippen LogP) is 0.389. The van der Waals surface area contributed by atoms with Crippen molar-refractivity contribution < 1.29 is 5.11 Å². The maximum Gasteiger partial charge on any atom is 0.0960 e. The van der Waals surface area contributed by atoms with Crippen LogP contribution >= 0.6 is 0 Å². The van der Waals surface area contributed by atoms with E-state index in [0.717, 1.165) is 18.5 Å². The van der Waals surface area contributed by atoms with Crippen LogP contribution in [-0.4, -0.2) is 15.3 Å². The Labute approximate surface area is 52.7 Å². The zero-order valence-corrected chi connectivity index (χ0v) is 4.96. The molecule has 0 aliphatic heterocycles. The molecule has 0 spiro atoms. The van der Waals surface area contributed by atoms with E-state index >= 15 is 0 Å². The summed E-state index contributed by atoms with van der Waals surface area (Å²) >= 11 is 0. The van der Waals surface area contributed by atoms with Crippen LogP contribution in [0.5, 0.6) is 0 Å². The zero-order chi connectivity index (χ0) is 6.27. The number of aliphatic hydroxyl groups excluding tert-OH is 1. The number of aryl methyl sites for hydroxylation is 1. The summed E-state index contributed by atoms with van der Waals surface area (Å²) in [7, 11) is 0. The first-order chi connectivity index (χ1) is 4.38. The highest BCUT2D eigenvalue weighted by Crippen LogP contribution is 2.27. The number of aromatic amines is 1. The summed E-state index contributed by atoms with van der Waals surface area (Å²) in [6.07, 6.45) is 3.31. The molecule has 0 saturated carbocycles. The molecule has 3 heteroatoms. The van der Waals surface area contributed by atoms with Crippen LogP contribution in [0.4, 0.5) is 0 Å². The number of hydrogen-bond acceptors (Lipinski definition) is 2. The molecule has 2 rings (SSSR count). The molecule has 1 aromatic heterocycles. The Morgan fingerprint density at radius 2 is 2.67 bits per heavy atom. The van der Waals surface area contributed by atoms with Crippen molar-refractivity contribution in [2.24, 2.45) is 0 Å². The molecule has 1 unspecified atom stereocenters. The number of hydrogen-bond donors (Lipinski definition) is 2. The number of fused-ring (bicyclic) bond motifs is 1. The molecule has 1 heterocycles. The number of aliphatic hydroxyl groups is 1. The van der Waals surface area contributed by atoms with E-state index in [1.165, 1.54) is 5.56 Å². The molecule has 48 valence electrons. The van der Waals surface area contributed by atoms with Crippen LogP contribution in [0.1, 0.15) is 23.8 Å². The fraction of sp³-hybridized carbons (Fsp3) is 0.500. The number of nitrogens with zero attached hydrogens (tertiary/aromatic N) is 1. The SMILES string of the molecule is OC1CCc2cn[nH]c21. The van der Waals surface area contributed by atoms with Gasteiger partial charge in [0.05, 0.1) is 18.0 Å². The van der Waals surface area contributed by atoms with Gasteiger partial charge in [0, 0.05) is 0 Å². The Morgan fingerprint density at radius 3 is 3.44 bits per heavy atom. The molecule has 1 aliphatic rings. The summed E-state index contributed by atoms with van der Waals surface area (Å²) in [4.78, 5) is 0.